The van der Waals surface area contributed by atoms with Gasteiger partial charge in [-0.1, -0.05) is 30.3 Å². The van der Waals surface area contributed by atoms with Crippen molar-refractivity contribution in [2.75, 3.05) is 14.2 Å². The number of carbonyl (C=O) groups is 1. The van der Waals surface area contributed by atoms with Crippen LogP contribution in [0, 0.1) is 10.1 Å². The maximum Gasteiger partial charge on any atom is 0.339 e. The topological polar surface area (TPSA) is 87.9 Å². The van der Waals surface area contributed by atoms with E-state index < -0.39 is 17.0 Å². The molecule has 0 N–H and O–H groups in total. The van der Waals surface area contributed by atoms with Crippen LogP contribution < -0.4 is 9.47 Å². The van der Waals surface area contributed by atoms with Gasteiger partial charge in [-0.25, -0.2) is 4.79 Å². The molecule has 0 amide bonds. The number of hydrogen-bond donors (Lipinski definition) is 0. The van der Waals surface area contributed by atoms with Crippen LogP contribution in [-0.2, 0) is 4.74 Å². The van der Waals surface area contributed by atoms with E-state index >= 15 is 0 Å². The summed E-state index contributed by atoms with van der Waals surface area (Å²) in [7, 11) is 3.14. The van der Waals surface area contributed by atoms with Crippen LogP contribution in [0.4, 0.5) is 5.69 Å². The molecule has 0 saturated carbocycles. The Morgan fingerprint density at radius 3 is 1.83 bits per heavy atom. The number of esters is 1. The average molecular weight is 393 g/mol. The van der Waals surface area contributed by atoms with Gasteiger partial charge in [-0.2, -0.15) is 0 Å². The molecule has 0 heterocycles. The van der Waals surface area contributed by atoms with Crippen molar-refractivity contribution >= 4 is 11.7 Å². The molecule has 7 nitrogen and oxygen atoms in total. The highest BCUT2D eigenvalue weighted by Gasteiger charge is 2.22. The van der Waals surface area contributed by atoms with Crippen LogP contribution in [0.1, 0.15) is 27.6 Å². The molecule has 0 fully saturated rings. The first-order valence-corrected chi connectivity index (χ1v) is 8.75. The maximum atomic E-state index is 12.7. The third-order valence-corrected chi connectivity index (χ3v) is 4.35. The summed E-state index contributed by atoms with van der Waals surface area (Å²) in [4.78, 5) is 23.2. The summed E-state index contributed by atoms with van der Waals surface area (Å²) >= 11 is 0. The third kappa shape index (κ3) is 4.70. The number of non-ortho nitro benzene ring substituents is 1. The van der Waals surface area contributed by atoms with E-state index in [0.717, 1.165) is 11.1 Å². The van der Waals surface area contributed by atoms with E-state index in [1.807, 2.05) is 0 Å². The predicted molar refractivity (Wildman–Crippen MR) is 106 cm³/mol. The standard InChI is InChI=1S/C22H19NO6/c1-27-19-10-6-15(7-11-19)21(16-8-12-20(28-2)13-9-16)29-22(24)17-4-3-5-18(14-17)23(25)26/h3-14,21H,1-2H3. The highest BCUT2D eigenvalue weighted by Crippen LogP contribution is 2.30. The molecule has 3 aromatic rings. The fourth-order valence-electron chi connectivity index (χ4n) is 2.81. The zero-order chi connectivity index (χ0) is 20.8. The van der Waals surface area contributed by atoms with Gasteiger partial charge in [0.15, 0.2) is 6.10 Å². The Morgan fingerprint density at radius 1 is 0.862 bits per heavy atom. The van der Waals surface area contributed by atoms with Crippen molar-refractivity contribution in [1.29, 1.82) is 0 Å². The molecule has 3 aromatic carbocycles. The van der Waals surface area contributed by atoms with Gasteiger partial charge < -0.3 is 14.2 Å². The number of rotatable bonds is 7. The van der Waals surface area contributed by atoms with Crippen LogP contribution in [0.3, 0.4) is 0 Å². The number of carbonyl (C=O) groups excluding carboxylic acids is 1. The van der Waals surface area contributed by atoms with Crippen molar-refractivity contribution in [1.82, 2.24) is 0 Å². The van der Waals surface area contributed by atoms with Gasteiger partial charge in [0.2, 0.25) is 0 Å². The van der Waals surface area contributed by atoms with Gasteiger partial charge in [0.25, 0.3) is 5.69 Å². The number of benzene rings is 3. The van der Waals surface area contributed by atoms with Gasteiger partial charge in [0.1, 0.15) is 11.5 Å². The smallest absolute Gasteiger partial charge is 0.339 e. The second kappa shape index (κ2) is 8.88. The molecule has 0 spiro atoms. The lowest BCUT2D eigenvalue weighted by Gasteiger charge is -2.19. The molecule has 3 rings (SSSR count). The Bertz CT molecular complexity index is 951. The zero-order valence-corrected chi connectivity index (χ0v) is 15.9. The van der Waals surface area contributed by atoms with Crippen molar-refractivity contribution in [3.63, 3.8) is 0 Å². The van der Waals surface area contributed by atoms with Crippen LogP contribution in [0.5, 0.6) is 11.5 Å². The molecule has 0 aromatic heterocycles. The number of nitro benzene ring substituents is 1. The van der Waals surface area contributed by atoms with Crippen LogP contribution in [0.2, 0.25) is 0 Å². The molecule has 0 saturated heterocycles. The molecule has 148 valence electrons. The normalized spacial score (nSPS) is 10.4. The molecule has 7 heteroatoms. The Balaban J connectivity index is 1.94. The number of nitrogens with zero attached hydrogens (tertiary/aromatic N) is 1. The summed E-state index contributed by atoms with van der Waals surface area (Å²) in [5.41, 5.74) is 1.39. The van der Waals surface area contributed by atoms with Gasteiger partial charge >= 0.3 is 5.97 Å². The Hall–Kier alpha value is -3.87. The van der Waals surface area contributed by atoms with Crippen LogP contribution in [0.25, 0.3) is 0 Å². The molecule has 0 aliphatic carbocycles. The Kier molecular flexibility index (Phi) is 6.09. The first-order valence-electron chi connectivity index (χ1n) is 8.75. The third-order valence-electron chi connectivity index (χ3n) is 4.35. The number of methoxy groups -OCH3 is 2. The quantitative estimate of drug-likeness (QED) is 0.332. The molecular weight excluding hydrogens is 374 g/mol. The highest BCUT2D eigenvalue weighted by molar-refractivity contribution is 5.90. The molecule has 0 atom stereocenters. The van der Waals surface area contributed by atoms with Crippen LogP contribution >= 0.6 is 0 Å². The predicted octanol–water partition coefficient (Wildman–Crippen LogP) is 4.56. The van der Waals surface area contributed by atoms with E-state index in [2.05, 4.69) is 0 Å². The second-order valence-corrected chi connectivity index (χ2v) is 6.14. The minimum Gasteiger partial charge on any atom is -0.497 e. The zero-order valence-electron chi connectivity index (χ0n) is 15.9. The lowest BCUT2D eigenvalue weighted by atomic mass is 10.0. The fraction of sp³-hybridized carbons (Fsp3) is 0.136. The van der Waals surface area contributed by atoms with E-state index in [1.54, 1.807) is 62.8 Å². The average Bonchev–Trinajstić information content (AvgIpc) is 2.77. The van der Waals surface area contributed by atoms with E-state index in [1.165, 1.54) is 24.3 Å². The van der Waals surface area contributed by atoms with E-state index in [0.29, 0.717) is 11.5 Å². The summed E-state index contributed by atoms with van der Waals surface area (Å²) in [5.74, 6) is 0.685. The first kappa shape index (κ1) is 19.9. The van der Waals surface area contributed by atoms with Crippen molar-refractivity contribution in [3.8, 4) is 11.5 Å². The SMILES string of the molecule is COc1ccc(C(OC(=O)c2cccc([N+](=O)[O-])c2)c2ccc(OC)cc2)cc1. The summed E-state index contributed by atoms with van der Waals surface area (Å²) in [6.07, 6.45) is -0.710. The van der Waals surface area contributed by atoms with E-state index in [-0.39, 0.29) is 11.3 Å². The van der Waals surface area contributed by atoms with E-state index in [9.17, 15) is 14.9 Å². The lowest BCUT2D eigenvalue weighted by molar-refractivity contribution is -0.384. The van der Waals surface area contributed by atoms with E-state index in [4.69, 9.17) is 14.2 Å². The van der Waals surface area contributed by atoms with Gasteiger partial charge in [0.05, 0.1) is 24.7 Å². The van der Waals surface area contributed by atoms with Gasteiger partial charge in [-0.3, -0.25) is 10.1 Å². The highest BCUT2D eigenvalue weighted by atomic mass is 16.6. The molecule has 0 radical (unpaired) electrons. The number of hydrogen-bond acceptors (Lipinski definition) is 6. The van der Waals surface area contributed by atoms with Gasteiger partial charge in [0, 0.05) is 12.1 Å². The van der Waals surface area contributed by atoms with Gasteiger partial charge in [-0.15, -0.1) is 0 Å². The number of nitro groups is 1. The molecule has 0 aliphatic heterocycles. The lowest BCUT2D eigenvalue weighted by Crippen LogP contribution is -2.13. The van der Waals surface area contributed by atoms with Crippen molar-refractivity contribution in [2.45, 2.75) is 6.10 Å². The summed E-state index contributed by atoms with van der Waals surface area (Å²) in [5, 5.41) is 11.0. The summed E-state index contributed by atoms with van der Waals surface area (Å²) < 4.78 is 16.1. The van der Waals surface area contributed by atoms with Gasteiger partial charge in [-0.05, 0) is 41.5 Å². The largest absolute Gasteiger partial charge is 0.497 e. The maximum absolute atomic E-state index is 12.7. The van der Waals surface area contributed by atoms with Crippen LogP contribution in [-0.4, -0.2) is 25.1 Å². The Morgan fingerprint density at radius 2 is 1.38 bits per heavy atom. The number of ether oxygens (including phenoxy) is 3. The minimum absolute atomic E-state index is 0.103. The van der Waals surface area contributed by atoms with Crippen molar-refractivity contribution < 1.29 is 23.9 Å². The molecule has 0 unspecified atom stereocenters. The molecular formula is C22H19NO6. The minimum atomic E-state index is -0.710. The Labute approximate surface area is 167 Å². The van der Waals surface area contributed by atoms with Crippen molar-refractivity contribution in [2.24, 2.45) is 0 Å². The van der Waals surface area contributed by atoms with Crippen molar-refractivity contribution in [3.05, 3.63) is 99.6 Å². The summed E-state index contributed by atoms with van der Waals surface area (Å²) in [6, 6.07) is 19.7. The van der Waals surface area contributed by atoms with Crippen LogP contribution in [0.15, 0.2) is 72.8 Å². The summed E-state index contributed by atoms with van der Waals surface area (Å²) in [6.45, 7) is 0. The molecule has 0 aliphatic rings. The second-order valence-electron chi connectivity index (χ2n) is 6.14. The monoisotopic (exact) mass is 393 g/mol. The molecule has 29 heavy (non-hydrogen) atoms. The fourth-order valence-corrected chi connectivity index (χ4v) is 2.81. The first-order chi connectivity index (χ1) is 14.0. The molecule has 0 bridgehead atoms.